The Morgan fingerprint density at radius 3 is 2.50 bits per heavy atom. The average Bonchev–Trinajstić information content (AvgIpc) is 3.28. The highest BCUT2D eigenvalue weighted by atomic mass is 19.1. The zero-order valence-corrected chi connectivity index (χ0v) is 14.9. The van der Waals surface area contributed by atoms with E-state index in [1.807, 2.05) is 0 Å². The van der Waals surface area contributed by atoms with E-state index in [-0.39, 0.29) is 23.4 Å². The Labute approximate surface area is 157 Å². The third-order valence-corrected chi connectivity index (χ3v) is 4.25. The van der Waals surface area contributed by atoms with Gasteiger partial charge in [-0.15, -0.1) is 10.2 Å². The maximum Gasteiger partial charge on any atom is 0.375 e. The van der Waals surface area contributed by atoms with Crippen LogP contribution in [0.3, 0.4) is 0 Å². The lowest BCUT2D eigenvalue weighted by molar-refractivity contribution is 0.0245. The lowest BCUT2D eigenvalue weighted by Crippen LogP contribution is -2.09. The molecular formula is C20H14F2N2O4. The molecule has 4 rings (SSSR count). The van der Waals surface area contributed by atoms with Gasteiger partial charge in [0.25, 0.3) is 5.89 Å². The van der Waals surface area contributed by atoms with Crippen LogP contribution in [0.25, 0.3) is 22.4 Å². The van der Waals surface area contributed by atoms with Crippen LogP contribution in [0.5, 0.6) is 0 Å². The summed E-state index contributed by atoms with van der Waals surface area (Å²) in [5, 5.41) is 8.25. The number of nitrogens with zero attached hydrogens (tertiary/aromatic N) is 2. The first kappa shape index (κ1) is 17.8. The number of rotatable bonds is 4. The minimum absolute atomic E-state index is 0.0225. The monoisotopic (exact) mass is 384 g/mol. The van der Waals surface area contributed by atoms with Crippen molar-refractivity contribution in [1.82, 2.24) is 10.2 Å². The summed E-state index contributed by atoms with van der Waals surface area (Å²) >= 11 is 0. The lowest BCUT2D eigenvalue weighted by atomic mass is 10.1. The molecule has 2 heterocycles. The molecule has 2 aromatic carbocycles. The number of carbonyl (C=O) groups is 1. The summed E-state index contributed by atoms with van der Waals surface area (Å²) in [6, 6.07) is 9.54. The number of esters is 1. The van der Waals surface area contributed by atoms with Crippen LogP contribution >= 0.6 is 0 Å². The SMILES string of the molecule is Cc1c(C(=O)O[C@@H](C)c2nnc(-c3ccc(F)cc3)o2)oc2ccc(F)cc12. The minimum Gasteiger partial charge on any atom is -0.449 e. The van der Waals surface area contributed by atoms with Gasteiger partial charge in [0.1, 0.15) is 17.2 Å². The van der Waals surface area contributed by atoms with Crippen LogP contribution in [0.2, 0.25) is 0 Å². The number of benzene rings is 2. The van der Waals surface area contributed by atoms with Crippen molar-refractivity contribution in [3.8, 4) is 11.5 Å². The van der Waals surface area contributed by atoms with Crippen LogP contribution in [0, 0.1) is 18.6 Å². The summed E-state index contributed by atoms with van der Waals surface area (Å²) in [6.07, 6.45) is -0.849. The molecule has 0 N–H and O–H groups in total. The number of halogens is 2. The zero-order chi connectivity index (χ0) is 19.8. The van der Waals surface area contributed by atoms with Gasteiger partial charge in [-0.05, 0) is 56.3 Å². The van der Waals surface area contributed by atoms with E-state index in [1.54, 1.807) is 13.8 Å². The number of fused-ring (bicyclic) bond motifs is 1. The van der Waals surface area contributed by atoms with E-state index in [0.717, 1.165) is 0 Å². The first-order valence-corrected chi connectivity index (χ1v) is 8.41. The maximum atomic E-state index is 13.4. The molecule has 2 aromatic heterocycles. The summed E-state index contributed by atoms with van der Waals surface area (Å²) in [5.74, 6) is -1.31. The van der Waals surface area contributed by atoms with Gasteiger partial charge < -0.3 is 13.6 Å². The number of aryl methyl sites for hydroxylation is 1. The van der Waals surface area contributed by atoms with Crippen molar-refractivity contribution in [3.05, 3.63) is 71.3 Å². The molecule has 0 saturated heterocycles. The Hall–Kier alpha value is -3.55. The van der Waals surface area contributed by atoms with E-state index in [4.69, 9.17) is 13.6 Å². The summed E-state index contributed by atoms with van der Waals surface area (Å²) in [6.45, 7) is 3.21. The summed E-state index contributed by atoms with van der Waals surface area (Å²) in [7, 11) is 0. The Bertz CT molecular complexity index is 1160. The molecule has 0 aliphatic carbocycles. The molecule has 0 bridgehead atoms. The van der Waals surface area contributed by atoms with Gasteiger partial charge in [0.05, 0.1) is 0 Å². The fraction of sp³-hybridized carbons (Fsp3) is 0.150. The van der Waals surface area contributed by atoms with Gasteiger partial charge in [-0.3, -0.25) is 0 Å². The van der Waals surface area contributed by atoms with Crippen LogP contribution in [0.15, 0.2) is 51.3 Å². The Kier molecular flexibility index (Phi) is 4.38. The van der Waals surface area contributed by atoms with Gasteiger partial charge in [0, 0.05) is 16.5 Å². The van der Waals surface area contributed by atoms with E-state index >= 15 is 0 Å². The van der Waals surface area contributed by atoms with E-state index in [9.17, 15) is 13.6 Å². The molecule has 1 atom stereocenters. The molecule has 142 valence electrons. The molecule has 0 aliphatic heterocycles. The third kappa shape index (κ3) is 3.24. The number of aromatic nitrogens is 2. The summed E-state index contributed by atoms with van der Waals surface area (Å²) in [5.41, 5.74) is 1.40. The topological polar surface area (TPSA) is 78.4 Å². The number of hydrogen-bond donors (Lipinski definition) is 0. The van der Waals surface area contributed by atoms with Crippen molar-refractivity contribution < 1.29 is 27.1 Å². The van der Waals surface area contributed by atoms with Crippen LogP contribution in [-0.2, 0) is 4.74 Å². The van der Waals surface area contributed by atoms with E-state index in [2.05, 4.69) is 10.2 Å². The highest BCUT2D eigenvalue weighted by Gasteiger charge is 2.24. The molecule has 0 radical (unpaired) electrons. The molecule has 8 heteroatoms. The number of carbonyl (C=O) groups excluding carboxylic acids is 1. The average molecular weight is 384 g/mol. The van der Waals surface area contributed by atoms with Gasteiger partial charge in [-0.2, -0.15) is 0 Å². The smallest absolute Gasteiger partial charge is 0.375 e. The second kappa shape index (κ2) is 6.88. The van der Waals surface area contributed by atoms with Crippen molar-refractivity contribution in [1.29, 1.82) is 0 Å². The molecule has 28 heavy (non-hydrogen) atoms. The van der Waals surface area contributed by atoms with Crippen molar-refractivity contribution in [2.45, 2.75) is 20.0 Å². The molecule has 0 spiro atoms. The molecule has 0 fully saturated rings. The second-order valence-electron chi connectivity index (χ2n) is 6.20. The Balaban J connectivity index is 1.54. The van der Waals surface area contributed by atoms with Gasteiger partial charge >= 0.3 is 5.97 Å². The molecule has 4 aromatic rings. The van der Waals surface area contributed by atoms with Crippen molar-refractivity contribution in [3.63, 3.8) is 0 Å². The fourth-order valence-corrected chi connectivity index (χ4v) is 2.76. The normalized spacial score (nSPS) is 12.3. The van der Waals surface area contributed by atoms with Gasteiger partial charge in [0.15, 0.2) is 6.10 Å². The standard InChI is InChI=1S/C20H14F2N2O4/c1-10-15-9-14(22)7-8-16(15)27-17(10)20(25)26-11(2)18-23-24-19(28-18)12-3-5-13(21)6-4-12/h3-9,11H,1-2H3/t11-/m0/s1. The van der Waals surface area contributed by atoms with Crippen LogP contribution in [0.1, 0.15) is 35.0 Å². The third-order valence-electron chi connectivity index (χ3n) is 4.25. The molecule has 0 aliphatic rings. The van der Waals surface area contributed by atoms with E-state index in [1.165, 1.54) is 42.5 Å². The highest BCUT2D eigenvalue weighted by molar-refractivity contribution is 5.95. The predicted molar refractivity (Wildman–Crippen MR) is 94.4 cm³/mol. The largest absolute Gasteiger partial charge is 0.449 e. The molecule has 0 unspecified atom stereocenters. The Morgan fingerprint density at radius 2 is 1.75 bits per heavy atom. The Morgan fingerprint density at radius 1 is 1.04 bits per heavy atom. The van der Waals surface area contributed by atoms with Gasteiger partial charge in [0.2, 0.25) is 11.7 Å². The second-order valence-corrected chi connectivity index (χ2v) is 6.20. The van der Waals surface area contributed by atoms with E-state index < -0.39 is 17.9 Å². The maximum absolute atomic E-state index is 13.4. The lowest BCUT2D eigenvalue weighted by Gasteiger charge is -2.08. The van der Waals surface area contributed by atoms with Crippen LogP contribution in [0.4, 0.5) is 8.78 Å². The molecule has 0 amide bonds. The van der Waals surface area contributed by atoms with Gasteiger partial charge in [-0.1, -0.05) is 0 Å². The number of furan rings is 1. The van der Waals surface area contributed by atoms with Crippen molar-refractivity contribution in [2.24, 2.45) is 0 Å². The van der Waals surface area contributed by atoms with E-state index in [0.29, 0.717) is 22.1 Å². The fourth-order valence-electron chi connectivity index (χ4n) is 2.76. The minimum atomic E-state index is -0.849. The quantitative estimate of drug-likeness (QED) is 0.462. The number of hydrogen-bond acceptors (Lipinski definition) is 6. The summed E-state index contributed by atoms with van der Waals surface area (Å²) in [4.78, 5) is 12.5. The first-order valence-electron chi connectivity index (χ1n) is 8.41. The highest BCUT2D eigenvalue weighted by Crippen LogP contribution is 2.28. The molecule has 0 saturated carbocycles. The molecule has 6 nitrogen and oxygen atoms in total. The molecular weight excluding hydrogens is 370 g/mol. The van der Waals surface area contributed by atoms with Crippen molar-refractivity contribution >= 4 is 16.9 Å². The summed E-state index contributed by atoms with van der Waals surface area (Å²) < 4.78 is 42.8. The van der Waals surface area contributed by atoms with Crippen LogP contribution < -0.4 is 0 Å². The van der Waals surface area contributed by atoms with Crippen molar-refractivity contribution in [2.75, 3.05) is 0 Å². The number of ether oxygens (including phenoxy) is 1. The zero-order valence-electron chi connectivity index (χ0n) is 14.9. The predicted octanol–water partition coefficient (Wildman–Crippen LogP) is 4.99. The van der Waals surface area contributed by atoms with Crippen LogP contribution in [-0.4, -0.2) is 16.2 Å². The van der Waals surface area contributed by atoms with Gasteiger partial charge in [-0.25, -0.2) is 13.6 Å². The first-order chi connectivity index (χ1) is 13.4.